The monoisotopic (exact) mass is 539 g/mol. The Morgan fingerprint density at radius 3 is 2.48 bits per heavy atom. The number of para-hydroxylation sites is 2. The van der Waals surface area contributed by atoms with Gasteiger partial charge in [0.1, 0.15) is 5.75 Å². The van der Waals surface area contributed by atoms with Gasteiger partial charge in [-0.2, -0.15) is 0 Å². The van der Waals surface area contributed by atoms with Crippen LogP contribution in [-0.4, -0.2) is 59.0 Å². The van der Waals surface area contributed by atoms with Crippen LogP contribution >= 0.6 is 0 Å². The fraction of sp³-hybridized carbons (Fsp3) is 0.394. The van der Waals surface area contributed by atoms with Crippen molar-refractivity contribution in [1.82, 2.24) is 14.4 Å². The molecular weight excluding hydrogens is 502 g/mol. The molecule has 1 atom stereocenters. The third-order valence-corrected chi connectivity index (χ3v) is 8.90. The number of aromatic nitrogens is 1. The van der Waals surface area contributed by atoms with Crippen molar-refractivity contribution in [2.45, 2.75) is 45.3 Å². The maximum Gasteiger partial charge on any atom is 0.260 e. The summed E-state index contributed by atoms with van der Waals surface area (Å²) in [6.45, 7) is 7.65. The summed E-state index contributed by atoms with van der Waals surface area (Å²) < 4.78 is 14.2. The molecule has 3 aliphatic rings. The van der Waals surface area contributed by atoms with E-state index in [2.05, 4.69) is 16.7 Å². The topological polar surface area (TPSA) is 64.0 Å². The van der Waals surface area contributed by atoms with Crippen LogP contribution in [-0.2, 0) is 26.5 Å². The van der Waals surface area contributed by atoms with Crippen LogP contribution in [0.5, 0.6) is 5.75 Å². The van der Waals surface area contributed by atoms with E-state index in [-0.39, 0.29) is 17.2 Å². The van der Waals surface area contributed by atoms with E-state index in [0.29, 0.717) is 39.4 Å². The highest BCUT2D eigenvalue weighted by Crippen LogP contribution is 2.43. The molecule has 6 rings (SSSR count). The molecule has 0 radical (unpaired) electrons. The summed E-state index contributed by atoms with van der Waals surface area (Å²) >= 11 is 0. The Morgan fingerprint density at radius 1 is 0.950 bits per heavy atom. The number of carbonyl (C=O) groups excluding carboxylic acids is 2. The van der Waals surface area contributed by atoms with Crippen molar-refractivity contribution in [1.29, 1.82) is 0 Å². The first-order valence-corrected chi connectivity index (χ1v) is 14.3. The summed E-state index contributed by atoms with van der Waals surface area (Å²) in [5, 5.41) is 0. The van der Waals surface area contributed by atoms with E-state index >= 15 is 0 Å². The van der Waals surface area contributed by atoms with Crippen molar-refractivity contribution in [2.75, 3.05) is 32.8 Å². The van der Waals surface area contributed by atoms with Crippen LogP contribution in [0.3, 0.4) is 0 Å². The van der Waals surface area contributed by atoms with E-state index in [1.54, 1.807) is 6.08 Å². The number of piperidine rings is 1. The molecule has 0 N–H and O–H groups in total. The molecule has 4 heterocycles. The molecule has 0 aliphatic carbocycles. The minimum Gasteiger partial charge on any atom is -0.493 e. The fourth-order valence-electron chi connectivity index (χ4n) is 6.51. The van der Waals surface area contributed by atoms with Crippen molar-refractivity contribution >= 4 is 17.9 Å². The number of nitrogens with zero attached hydrogens (tertiary/aromatic N) is 3. The number of ether oxygens (including phenoxy) is 2. The SMILES string of the molecule is CCOc1ccccc1/C=C/C(=O)N1CCC2(CC1)CCN(C(=O)C1(C)OCc3ccccc3-n3cccc31)C2. The summed E-state index contributed by atoms with van der Waals surface area (Å²) in [6.07, 6.45) is 8.25. The Balaban J connectivity index is 1.11. The standard InChI is InChI=1S/C33H37N3O4/c1-3-39-28-12-7-5-9-25(28)14-15-30(37)34-20-16-33(17-21-34)18-22-35(24-33)31(38)32(2)29-13-8-19-36(29)27-11-6-4-10-26(27)23-40-32/h4-15,19H,3,16-18,20-24H2,1-2H3/b15-14+. The van der Waals surface area contributed by atoms with Crippen LogP contribution in [0.4, 0.5) is 0 Å². The molecule has 7 nitrogen and oxygen atoms in total. The molecule has 2 fully saturated rings. The van der Waals surface area contributed by atoms with Crippen LogP contribution in [0.25, 0.3) is 11.8 Å². The van der Waals surface area contributed by atoms with Crippen LogP contribution < -0.4 is 4.74 Å². The average Bonchev–Trinajstić information content (AvgIpc) is 3.62. The van der Waals surface area contributed by atoms with E-state index in [1.165, 1.54) is 0 Å². The molecule has 2 aromatic carbocycles. The Hall–Kier alpha value is -3.84. The zero-order valence-corrected chi connectivity index (χ0v) is 23.3. The predicted octanol–water partition coefficient (Wildman–Crippen LogP) is 5.18. The first-order chi connectivity index (χ1) is 19.4. The van der Waals surface area contributed by atoms with E-state index in [1.807, 2.05) is 84.5 Å². The molecular formula is C33H37N3O4. The molecule has 1 unspecified atom stereocenters. The maximum atomic E-state index is 14.1. The Kier molecular flexibility index (Phi) is 7.00. The van der Waals surface area contributed by atoms with E-state index < -0.39 is 5.60 Å². The molecule has 0 saturated carbocycles. The largest absolute Gasteiger partial charge is 0.493 e. The van der Waals surface area contributed by atoms with Crippen LogP contribution in [0.2, 0.25) is 0 Å². The van der Waals surface area contributed by atoms with Crippen molar-refractivity contribution in [3.8, 4) is 11.4 Å². The van der Waals surface area contributed by atoms with E-state index in [0.717, 1.165) is 47.5 Å². The summed E-state index contributed by atoms with van der Waals surface area (Å²) in [5.74, 6) is 0.822. The van der Waals surface area contributed by atoms with Gasteiger partial charge < -0.3 is 23.8 Å². The second-order valence-electron chi connectivity index (χ2n) is 11.3. The predicted molar refractivity (Wildman–Crippen MR) is 154 cm³/mol. The molecule has 1 aromatic heterocycles. The second kappa shape index (κ2) is 10.6. The van der Waals surface area contributed by atoms with Gasteiger partial charge in [0.25, 0.3) is 5.91 Å². The smallest absolute Gasteiger partial charge is 0.260 e. The molecule has 0 bridgehead atoms. The lowest BCUT2D eigenvalue weighted by molar-refractivity contribution is -0.159. The third-order valence-electron chi connectivity index (χ3n) is 8.90. The Morgan fingerprint density at radius 2 is 1.68 bits per heavy atom. The van der Waals surface area contributed by atoms with Gasteiger partial charge in [0.15, 0.2) is 5.60 Å². The minimum absolute atomic E-state index is 0.0199. The second-order valence-corrected chi connectivity index (χ2v) is 11.3. The van der Waals surface area contributed by atoms with Gasteiger partial charge in [0.2, 0.25) is 5.91 Å². The molecule has 3 aliphatic heterocycles. The summed E-state index contributed by atoms with van der Waals surface area (Å²) in [6, 6.07) is 19.9. The summed E-state index contributed by atoms with van der Waals surface area (Å²) in [4.78, 5) is 31.0. The number of fused-ring (bicyclic) bond motifs is 3. The van der Waals surface area contributed by atoms with Crippen molar-refractivity contribution in [3.63, 3.8) is 0 Å². The highest BCUT2D eigenvalue weighted by Gasteiger charge is 2.49. The normalized spacial score (nSPS) is 21.8. The number of rotatable bonds is 5. The van der Waals surface area contributed by atoms with Gasteiger partial charge in [-0.15, -0.1) is 0 Å². The molecule has 208 valence electrons. The molecule has 2 saturated heterocycles. The zero-order valence-electron chi connectivity index (χ0n) is 23.3. The van der Waals surface area contributed by atoms with Gasteiger partial charge in [-0.1, -0.05) is 36.4 Å². The quantitative estimate of drug-likeness (QED) is 0.420. The Labute approximate surface area is 236 Å². The van der Waals surface area contributed by atoms with Gasteiger partial charge in [0.05, 0.1) is 24.6 Å². The number of hydrogen-bond acceptors (Lipinski definition) is 4. The zero-order chi connectivity index (χ0) is 27.7. The lowest BCUT2D eigenvalue weighted by Crippen LogP contribution is -2.48. The third kappa shape index (κ3) is 4.73. The molecule has 2 amide bonds. The van der Waals surface area contributed by atoms with Crippen LogP contribution in [0, 0.1) is 5.41 Å². The van der Waals surface area contributed by atoms with Crippen molar-refractivity contribution in [2.24, 2.45) is 5.41 Å². The van der Waals surface area contributed by atoms with Gasteiger partial charge >= 0.3 is 0 Å². The van der Waals surface area contributed by atoms with Gasteiger partial charge in [-0.3, -0.25) is 9.59 Å². The highest BCUT2D eigenvalue weighted by atomic mass is 16.5. The van der Waals surface area contributed by atoms with Gasteiger partial charge in [-0.05, 0) is 68.9 Å². The summed E-state index contributed by atoms with van der Waals surface area (Å²) in [7, 11) is 0. The first kappa shape index (κ1) is 26.4. The maximum absolute atomic E-state index is 14.1. The van der Waals surface area contributed by atoms with Crippen molar-refractivity contribution in [3.05, 3.63) is 89.8 Å². The average molecular weight is 540 g/mol. The van der Waals surface area contributed by atoms with E-state index in [9.17, 15) is 9.59 Å². The van der Waals surface area contributed by atoms with Gasteiger partial charge in [-0.25, -0.2) is 0 Å². The van der Waals surface area contributed by atoms with Crippen LogP contribution in [0.15, 0.2) is 72.9 Å². The number of likely N-dealkylation sites (tertiary alicyclic amines) is 2. The first-order valence-electron chi connectivity index (χ1n) is 14.3. The fourth-order valence-corrected chi connectivity index (χ4v) is 6.51. The summed E-state index contributed by atoms with van der Waals surface area (Å²) in [5.41, 5.74) is 2.88. The number of carbonyl (C=O) groups is 2. The number of benzene rings is 2. The number of hydrogen-bond donors (Lipinski definition) is 0. The molecule has 3 aromatic rings. The minimum atomic E-state index is -1.06. The molecule has 7 heteroatoms. The van der Waals surface area contributed by atoms with Crippen molar-refractivity contribution < 1.29 is 19.1 Å². The lowest BCUT2D eigenvalue weighted by Gasteiger charge is -2.39. The number of amides is 2. The van der Waals surface area contributed by atoms with E-state index in [4.69, 9.17) is 9.47 Å². The Bertz CT molecular complexity index is 1430. The highest BCUT2D eigenvalue weighted by molar-refractivity contribution is 5.92. The molecule has 1 spiro atoms. The van der Waals surface area contributed by atoms with Gasteiger partial charge in [0, 0.05) is 49.6 Å². The lowest BCUT2D eigenvalue weighted by atomic mass is 9.77. The van der Waals surface area contributed by atoms with Crippen LogP contribution in [0.1, 0.15) is 49.9 Å². The molecule has 40 heavy (non-hydrogen) atoms.